The van der Waals surface area contributed by atoms with E-state index < -0.39 is 23.3 Å². The number of carboxylic acids is 1. The van der Waals surface area contributed by atoms with E-state index in [2.05, 4.69) is 6.07 Å². The first-order valence-corrected chi connectivity index (χ1v) is 8.28. The fourth-order valence-electron chi connectivity index (χ4n) is 3.22. The molecule has 0 saturated carbocycles. The molecule has 0 radical (unpaired) electrons. The number of benzene rings is 2. The quantitative estimate of drug-likeness (QED) is 0.406. The molecule has 0 atom stereocenters. The van der Waals surface area contributed by atoms with E-state index in [0.29, 0.717) is 23.5 Å². The van der Waals surface area contributed by atoms with Crippen LogP contribution in [0, 0.1) is 19.7 Å². The number of hydrogen-bond donors (Lipinski definition) is 2. The number of halogens is 1. The Kier molecular flexibility index (Phi) is 4.81. The van der Waals surface area contributed by atoms with E-state index in [-0.39, 0.29) is 5.56 Å². The number of aromatic nitrogens is 1. The molecular weight excluding hydrogens is 349 g/mol. The summed E-state index contributed by atoms with van der Waals surface area (Å²) >= 11 is 0. The second-order valence-electron chi connectivity index (χ2n) is 6.53. The number of fused-ring (bicyclic) bond motifs is 1. The van der Waals surface area contributed by atoms with Gasteiger partial charge in [-0.3, -0.25) is 4.79 Å². The highest BCUT2D eigenvalue weighted by Crippen LogP contribution is 2.28. The van der Waals surface area contributed by atoms with Crippen molar-refractivity contribution in [1.29, 1.82) is 0 Å². The number of aliphatic hydroxyl groups is 1. The van der Waals surface area contributed by atoms with Crippen molar-refractivity contribution in [2.75, 3.05) is 0 Å². The van der Waals surface area contributed by atoms with E-state index in [1.807, 2.05) is 30.5 Å². The number of carbonyl (C=O) groups excluding carboxylic acids is 1. The zero-order chi connectivity index (χ0) is 19.7. The third-order valence-electron chi connectivity index (χ3n) is 4.23. The Labute approximate surface area is 155 Å². The Bertz CT molecular complexity index is 1070. The summed E-state index contributed by atoms with van der Waals surface area (Å²) in [6.45, 7) is 4.47. The molecule has 6 heteroatoms. The number of aliphatic hydroxyl groups excluding tert-OH is 1. The van der Waals surface area contributed by atoms with Crippen LogP contribution in [0.4, 0.5) is 4.39 Å². The van der Waals surface area contributed by atoms with Gasteiger partial charge in [-0.25, -0.2) is 9.18 Å². The molecule has 0 saturated heterocycles. The lowest BCUT2D eigenvalue weighted by molar-refractivity contribution is -0.146. The summed E-state index contributed by atoms with van der Waals surface area (Å²) in [4.78, 5) is 22.1. The number of hydrogen-bond acceptors (Lipinski definition) is 3. The number of carbonyl (C=O) groups is 2. The number of aryl methyl sites for hydroxylation is 2. The monoisotopic (exact) mass is 367 g/mol. The van der Waals surface area contributed by atoms with Crippen molar-refractivity contribution in [3.8, 4) is 0 Å². The van der Waals surface area contributed by atoms with Gasteiger partial charge in [0.25, 0.3) is 5.78 Å². The summed E-state index contributed by atoms with van der Waals surface area (Å²) in [7, 11) is 0. The van der Waals surface area contributed by atoms with E-state index in [9.17, 15) is 19.1 Å². The van der Waals surface area contributed by atoms with E-state index >= 15 is 0 Å². The molecular formula is C21H18FNO4. The van der Waals surface area contributed by atoms with Gasteiger partial charge >= 0.3 is 5.97 Å². The van der Waals surface area contributed by atoms with Crippen LogP contribution in [0.15, 0.2) is 48.7 Å². The summed E-state index contributed by atoms with van der Waals surface area (Å²) in [5.41, 5.74) is 4.12. The van der Waals surface area contributed by atoms with Gasteiger partial charge in [0.1, 0.15) is 11.6 Å². The van der Waals surface area contributed by atoms with Gasteiger partial charge in [0.15, 0.2) is 0 Å². The highest BCUT2D eigenvalue weighted by molar-refractivity contribution is 6.38. The van der Waals surface area contributed by atoms with Crippen LogP contribution in [0.5, 0.6) is 0 Å². The molecule has 1 aromatic heterocycles. The summed E-state index contributed by atoms with van der Waals surface area (Å²) in [6, 6.07) is 10.3. The van der Waals surface area contributed by atoms with Crippen LogP contribution in [0.3, 0.4) is 0 Å². The molecule has 27 heavy (non-hydrogen) atoms. The molecule has 0 amide bonds. The average molecular weight is 367 g/mol. The molecule has 0 aliphatic rings. The average Bonchev–Trinajstić information content (AvgIpc) is 2.91. The molecule has 138 valence electrons. The van der Waals surface area contributed by atoms with Gasteiger partial charge in [0.05, 0.1) is 0 Å². The van der Waals surface area contributed by atoms with Gasteiger partial charge in [-0.2, -0.15) is 0 Å². The van der Waals surface area contributed by atoms with Crippen molar-refractivity contribution in [3.05, 3.63) is 76.7 Å². The first-order chi connectivity index (χ1) is 12.7. The van der Waals surface area contributed by atoms with Crippen LogP contribution in [0.1, 0.15) is 22.3 Å². The fraction of sp³-hybridized carbons (Fsp3) is 0.143. The minimum absolute atomic E-state index is 0.198. The number of rotatable bonds is 5. The molecule has 0 unspecified atom stereocenters. The van der Waals surface area contributed by atoms with Crippen LogP contribution in [-0.2, 0) is 16.1 Å². The predicted molar refractivity (Wildman–Crippen MR) is 100 cm³/mol. The number of carboxylic acid groups (broad SMARTS) is 1. The van der Waals surface area contributed by atoms with Gasteiger partial charge in [0.2, 0.25) is 0 Å². The van der Waals surface area contributed by atoms with Gasteiger partial charge in [-0.15, -0.1) is 0 Å². The van der Waals surface area contributed by atoms with Gasteiger partial charge in [0, 0.05) is 35.3 Å². The first-order valence-electron chi connectivity index (χ1n) is 8.28. The van der Waals surface area contributed by atoms with Crippen LogP contribution in [-0.4, -0.2) is 26.5 Å². The van der Waals surface area contributed by atoms with Crippen LogP contribution in [0.2, 0.25) is 0 Å². The lowest BCUT2D eigenvalue weighted by Crippen LogP contribution is -2.09. The largest absolute Gasteiger partial charge is 0.507 e. The second-order valence-corrected chi connectivity index (χ2v) is 6.53. The maximum absolute atomic E-state index is 13.7. The molecule has 5 nitrogen and oxygen atoms in total. The fourth-order valence-corrected chi connectivity index (χ4v) is 3.22. The molecule has 0 aliphatic carbocycles. The molecule has 1 heterocycles. The maximum atomic E-state index is 13.7. The number of nitrogens with zero attached hydrogens (tertiary/aromatic N) is 1. The summed E-state index contributed by atoms with van der Waals surface area (Å²) < 4.78 is 15.6. The predicted octanol–water partition coefficient (Wildman–Crippen LogP) is 4.00. The lowest BCUT2D eigenvalue weighted by atomic mass is 10.1. The maximum Gasteiger partial charge on any atom is 0.376 e. The van der Waals surface area contributed by atoms with Crippen LogP contribution < -0.4 is 0 Å². The third-order valence-corrected chi connectivity index (χ3v) is 4.23. The van der Waals surface area contributed by atoms with E-state index in [1.54, 1.807) is 12.3 Å². The highest BCUT2D eigenvalue weighted by Gasteiger charge is 2.16. The van der Waals surface area contributed by atoms with E-state index in [0.717, 1.165) is 16.7 Å². The molecule has 3 rings (SSSR count). The summed E-state index contributed by atoms with van der Waals surface area (Å²) in [6.07, 6.45) is 2.21. The Morgan fingerprint density at radius 2 is 1.74 bits per heavy atom. The molecule has 2 N–H and O–H groups in total. The molecule has 2 aromatic carbocycles. The first kappa shape index (κ1) is 18.4. The third kappa shape index (κ3) is 3.89. The SMILES string of the molecule is Cc1cc(C)cc(Cn2cc(/C(O)=C\C(=O)C(=O)O)c3cc(F)ccc32)c1. The summed E-state index contributed by atoms with van der Waals surface area (Å²) in [5, 5.41) is 19.3. The minimum atomic E-state index is -1.67. The Balaban J connectivity index is 2.12. The summed E-state index contributed by atoms with van der Waals surface area (Å²) in [5.74, 6) is -3.94. The standard InChI is InChI=1S/C21H18FNO4/c1-12-5-13(2)7-14(6-12)10-23-11-17(19(24)9-20(25)21(26)27)16-8-15(22)3-4-18(16)23/h3-9,11,24H,10H2,1-2H3,(H,26,27)/b19-9+. The Morgan fingerprint density at radius 3 is 2.37 bits per heavy atom. The van der Waals surface area contributed by atoms with Crippen molar-refractivity contribution < 1.29 is 24.2 Å². The number of aliphatic carboxylic acids is 1. The normalized spacial score (nSPS) is 11.7. The van der Waals surface area contributed by atoms with Crippen molar-refractivity contribution in [1.82, 2.24) is 4.57 Å². The Hall–Kier alpha value is -3.41. The smallest absolute Gasteiger partial charge is 0.376 e. The van der Waals surface area contributed by atoms with Crippen LogP contribution >= 0.6 is 0 Å². The van der Waals surface area contributed by atoms with Crippen LogP contribution in [0.25, 0.3) is 16.7 Å². The van der Waals surface area contributed by atoms with E-state index in [4.69, 9.17) is 5.11 Å². The van der Waals surface area contributed by atoms with Gasteiger partial charge in [-0.1, -0.05) is 29.3 Å². The van der Waals surface area contributed by atoms with Gasteiger partial charge in [-0.05, 0) is 37.6 Å². The molecule has 0 spiro atoms. The molecule has 0 fully saturated rings. The topological polar surface area (TPSA) is 79.5 Å². The molecule has 3 aromatic rings. The second kappa shape index (κ2) is 7.07. The minimum Gasteiger partial charge on any atom is -0.507 e. The lowest BCUT2D eigenvalue weighted by Gasteiger charge is -2.08. The van der Waals surface area contributed by atoms with E-state index in [1.165, 1.54) is 12.1 Å². The van der Waals surface area contributed by atoms with Crippen molar-refractivity contribution in [2.24, 2.45) is 0 Å². The van der Waals surface area contributed by atoms with Gasteiger partial charge < -0.3 is 14.8 Å². The zero-order valence-electron chi connectivity index (χ0n) is 14.9. The Morgan fingerprint density at radius 1 is 1.07 bits per heavy atom. The van der Waals surface area contributed by atoms with Crippen molar-refractivity contribution >= 4 is 28.4 Å². The zero-order valence-corrected chi connectivity index (χ0v) is 14.9. The number of ketones is 1. The highest BCUT2D eigenvalue weighted by atomic mass is 19.1. The molecule has 0 aliphatic heterocycles. The van der Waals surface area contributed by atoms with Crippen molar-refractivity contribution in [3.63, 3.8) is 0 Å². The van der Waals surface area contributed by atoms with Crippen molar-refractivity contribution in [2.45, 2.75) is 20.4 Å². The molecule has 0 bridgehead atoms.